The van der Waals surface area contributed by atoms with Gasteiger partial charge in [-0.25, -0.2) is 14.8 Å². The molecule has 0 atom stereocenters. The van der Waals surface area contributed by atoms with E-state index < -0.39 is 5.97 Å². The highest BCUT2D eigenvalue weighted by Crippen LogP contribution is 2.41. The van der Waals surface area contributed by atoms with Crippen molar-refractivity contribution in [3.05, 3.63) is 64.6 Å². The zero-order valence-electron chi connectivity index (χ0n) is 21.5. The first-order chi connectivity index (χ1) is 17.8. The molecule has 9 nitrogen and oxygen atoms in total. The number of hydrogen-bond donors (Lipinski definition) is 2. The Balaban J connectivity index is 1.94. The molecule has 4 rings (SSSR count). The van der Waals surface area contributed by atoms with Crippen LogP contribution < -0.4 is 20.5 Å². The number of anilines is 1. The molecule has 0 saturated carbocycles. The summed E-state index contributed by atoms with van der Waals surface area (Å²) in [6.07, 6.45) is 1.52. The van der Waals surface area contributed by atoms with Gasteiger partial charge in [-0.3, -0.25) is 0 Å². The monoisotopic (exact) mass is 523 g/mol. The number of benzene rings is 2. The number of rotatable bonds is 9. The topological polar surface area (TPSA) is 114 Å². The molecule has 0 saturated heterocycles. The number of nitrogens with zero attached hydrogens (tertiary/aromatic N) is 3. The van der Waals surface area contributed by atoms with E-state index in [4.69, 9.17) is 31.5 Å². The number of esters is 1. The van der Waals surface area contributed by atoms with Gasteiger partial charge in [0.1, 0.15) is 29.3 Å². The second-order valence-corrected chi connectivity index (χ2v) is 9.06. The Hall–Kier alpha value is -3.82. The van der Waals surface area contributed by atoms with Crippen LogP contribution in [0.2, 0.25) is 5.02 Å². The summed E-state index contributed by atoms with van der Waals surface area (Å²) in [6, 6.07) is 10.8. The first kappa shape index (κ1) is 26.2. The van der Waals surface area contributed by atoms with Crippen molar-refractivity contribution in [3.8, 4) is 22.6 Å². The maximum Gasteiger partial charge on any atom is 0.338 e. The number of aromatic nitrogens is 3. The van der Waals surface area contributed by atoms with Crippen LogP contribution in [0.1, 0.15) is 41.5 Å². The van der Waals surface area contributed by atoms with Crippen LogP contribution in [0.25, 0.3) is 22.2 Å². The molecule has 0 amide bonds. The van der Waals surface area contributed by atoms with Crippen molar-refractivity contribution in [1.82, 2.24) is 14.5 Å². The third kappa shape index (κ3) is 4.92. The van der Waals surface area contributed by atoms with Crippen LogP contribution in [0.5, 0.6) is 11.5 Å². The number of carbonyl (C=O) groups excluding carboxylic acids is 1. The van der Waals surface area contributed by atoms with E-state index in [0.717, 1.165) is 22.2 Å². The largest absolute Gasteiger partial charge is 0.497 e. The molecule has 0 spiro atoms. The van der Waals surface area contributed by atoms with Gasteiger partial charge >= 0.3 is 5.97 Å². The van der Waals surface area contributed by atoms with E-state index in [1.54, 1.807) is 32.4 Å². The number of methoxy groups -OCH3 is 3. The minimum atomic E-state index is -0.500. The molecule has 0 radical (unpaired) electrons. The molecule has 10 heteroatoms. The first-order valence-corrected chi connectivity index (χ1v) is 12.1. The maximum atomic E-state index is 12.8. The van der Waals surface area contributed by atoms with Crippen LogP contribution >= 0.6 is 11.6 Å². The average molecular weight is 524 g/mol. The van der Waals surface area contributed by atoms with Gasteiger partial charge in [-0.1, -0.05) is 17.7 Å². The van der Waals surface area contributed by atoms with E-state index in [1.807, 2.05) is 18.2 Å². The molecule has 37 heavy (non-hydrogen) atoms. The van der Waals surface area contributed by atoms with Gasteiger partial charge in [0.05, 0.1) is 32.3 Å². The van der Waals surface area contributed by atoms with Crippen LogP contribution in [-0.2, 0) is 17.8 Å². The maximum absolute atomic E-state index is 12.8. The van der Waals surface area contributed by atoms with E-state index in [2.05, 4.69) is 33.7 Å². The van der Waals surface area contributed by atoms with E-state index >= 15 is 0 Å². The van der Waals surface area contributed by atoms with E-state index in [-0.39, 0.29) is 12.6 Å². The van der Waals surface area contributed by atoms with Gasteiger partial charge in [-0.05, 0) is 43.7 Å². The van der Waals surface area contributed by atoms with Gasteiger partial charge in [0.2, 0.25) is 0 Å². The van der Waals surface area contributed by atoms with Crippen molar-refractivity contribution < 1.29 is 19.0 Å². The highest BCUT2D eigenvalue weighted by molar-refractivity contribution is 6.31. The van der Waals surface area contributed by atoms with Gasteiger partial charge in [-0.2, -0.15) is 0 Å². The van der Waals surface area contributed by atoms with Crippen LogP contribution in [0.3, 0.4) is 0 Å². The molecule has 0 aliphatic rings. The molecule has 194 valence electrons. The van der Waals surface area contributed by atoms with Gasteiger partial charge in [0.25, 0.3) is 0 Å². The van der Waals surface area contributed by atoms with Crippen LogP contribution in [-0.4, -0.2) is 41.8 Å². The lowest BCUT2D eigenvalue weighted by Gasteiger charge is -2.15. The minimum absolute atomic E-state index is 0.0492. The fraction of sp³-hybridized carbons (Fsp3) is 0.296. The number of nitrogens with one attached hydrogen (secondary N) is 1. The summed E-state index contributed by atoms with van der Waals surface area (Å²) >= 11 is 6.26. The summed E-state index contributed by atoms with van der Waals surface area (Å²) in [5.41, 5.74) is 10.5. The van der Waals surface area contributed by atoms with Crippen molar-refractivity contribution >= 4 is 34.4 Å². The number of fused-ring (bicyclic) bond motifs is 1. The van der Waals surface area contributed by atoms with Crippen LogP contribution in [0, 0.1) is 0 Å². The van der Waals surface area contributed by atoms with Gasteiger partial charge in [0, 0.05) is 47.0 Å². The second-order valence-electron chi connectivity index (χ2n) is 8.62. The zero-order valence-corrected chi connectivity index (χ0v) is 22.2. The number of nitrogens with two attached hydrogens (primary N) is 1. The number of hydrogen-bond acceptors (Lipinski definition) is 8. The summed E-state index contributed by atoms with van der Waals surface area (Å²) in [6.45, 7) is 4.76. The highest BCUT2D eigenvalue weighted by Gasteiger charge is 2.27. The Morgan fingerprint density at radius 1 is 1.11 bits per heavy atom. The third-order valence-corrected chi connectivity index (χ3v) is 6.43. The van der Waals surface area contributed by atoms with Gasteiger partial charge < -0.3 is 29.8 Å². The van der Waals surface area contributed by atoms with Crippen molar-refractivity contribution in [2.75, 3.05) is 26.6 Å². The zero-order chi connectivity index (χ0) is 26.7. The molecule has 4 aromatic rings. The summed E-state index contributed by atoms with van der Waals surface area (Å²) in [7, 11) is 4.57. The van der Waals surface area contributed by atoms with E-state index in [1.165, 1.54) is 13.4 Å². The molecular formula is C27H30ClN5O4. The Kier molecular flexibility index (Phi) is 7.85. The lowest BCUT2D eigenvalue weighted by atomic mass is 9.97. The minimum Gasteiger partial charge on any atom is -0.497 e. The smallest absolute Gasteiger partial charge is 0.338 e. The van der Waals surface area contributed by atoms with E-state index in [0.29, 0.717) is 45.7 Å². The molecule has 0 unspecified atom stereocenters. The fourth-order valence-corrected chi connectivity index (χ4v) is 4.72. The van der Waals surface area contributed by atoms with E-state index in [9.17, 15) is 4.79 Å². The van der Waals surface area contributed by atoms with Gasteiger partial charge in [0.15, 0.2) is 0 Å². The summed E-state index contributed by atoms with van der Waals surface area (Å²) < 4.78 is 18.0. The molecule has 0 aliphatic heterocycles. The molecule has 0 bridgehead atoms. The first-order valence-electron chi connectivity index (χ1n) is 11.7. The Labute approximate surface area is 220 Å². The lowest BCUT2D eigenvalue weighted by molar-refractivity contribution is 0.0601. The van der Waals surface area contributed by atoms with Crippen molar-refractivity contribution in [1.29, 1.82) is 0 Å². The molecule has 3 N–H and O–H groups in total. The molecule has 0 aliphatic carbocycles. The molecular weight excluding hydrogens is 494 g/mol. The van der Waals surface area contributed by atoms with Crippen molar-refractivity contribution in [3.63, 3.8) is 0 Å². The Bertz CT molecular complexity index is 1450. The molecule has 2 heterocycles. The number of carbonyl (C=O) groups is 1. The predicted molar refractivity (Wildman–Crippen MR) is 144 cm³/mol. The average Bonchev–Trinajstić information content (AvgIpc) is 3.26. The second kappa shape index (κ2) is 11.1. The predicted octanol–water partition coefficient (Wildman–Crippen LogP) is 5.21. The summed E-state index contributed by atoms with van der Waals surface area (Å²) in [5.74, 6) is 1.48. The standard InChI is InChI=1S/C27H30ClN5O4/c1-15(2)33-21(12-29)23(19-9-7-17(28)10-20(19)27(34)37-5)24-25(31-14-32-26(24)33)30-13-16-6-8-18(35-3)11-22(16)36-4/h6-11,14-15H,12-13,29H2,1-5H3,(H,30,31,32). The normalized spacial score (nSPS) is 11.1. The Morgan fingerprint density at radius 3 is 2.54 bits per heavy atom. The van der Waals surface area contributed by atoms with Crippen molar-refractivity contribution in [2.24, 2.45) is 5.73 Å². The van der Waals surface area contributed by atoms with Crippen molar-refractivity contribution in [2.45, 2.75) is 33.0 Å². The third-order valence-electron chi connectivity index (χ3n) is 6.19. The molecule has 2 aromatic heterocycles. The molecule has 0 fully saturated rings. The summed E-state index contributed by atoms with van der Waals surface area (Å²) in [5, 5.41) is 4.61. The fourth-order valence-electron chi connectivity index (χ4n) is 4.55. The lowest BCUT2D eigenvalue weighted by Crippen LogP contribution is -2.11. The summed E-state index contributed by atoms with van der Waals surface area (Å²) in [4.78, 5) is 22.0. The van der Waals surface area contributed by atoms with Crippen LogP contribution in [0.4, 0.5) is 5.82 Å². The number of ether oxygens (including phenoxy) is 3. The quantitative estimate of drug-likeness (QED) is 0.287. The van der Waals surface area contributed by atoms with Gasteiger partial charge in [-0.15, -0.1) is 0 Å². The highest BCUT2D eigenvalue weighted by atomic mass is 35.5. The SMILES string of the molecule is COC(=O)c1cc(Cl)ccc1-c1c(CN)n(C(C)C)c2ncnc(NCc3ccc(OC)cc3OC)c12. The molecule has 2 aromatic carbocycles. The number of halogens is 1. The van der Waals surface area contributed by atoms with Crippen LogP contribution in [0.15, 0.2) is 42.7 Å². The Morgan fingerprint density at radius 2 is 1.89 bits per heavy atom.